The number of halogens is 1. The van der Waals surface area contributed by atoms with Gasteiger partial charge in [-0.05, 0) is 44.8 Å². The average Bonchev–Trinajstić information content (AvgIpc) is 3.17. The molecule has 0 aliphatic heterocycles. The molecule has 0 bridgehead atoms. The lowest BCUT2D eigenvalue weighted by molar-refractivity contribution is 0.0980. The van der Waals surface area contributed by atoms with E-state index in [4.69, 9.17) is 16.6 Å². The van der Waals surface area contributed by atoms with Crippen molar-refractivity contribution in [1.29, 1.82) is 0 Å². The lowest BCUT2D eigenvalue weighted by Crippen LogP contribution is -2.37. The van der Waals surface area contributed by atoms with Crippen LogP contribution >= 0.6 is 22.9 Å². The zero-order valence-corrected chi connectivity index (χ0v) is 18.0. The van der Waals surface area contributed by atoms with Gasteiger partial charge in [-0.3, -0.25) is 14.7 Å². The SMILES string of the molecule is Cc1ccc(Cl)c2sc(N(CCN(C)C)C(=O)c3cnc4ccccc4n3)nc12. The van der Waals surface area contributed by atoms with Gasteiger partial charge in [-0.1, -0.05) is 41.1 Å². The molecule has 0 unspecified atom stereocenters. The number of para-hydroxylation sites is 2. The van der Waals surface area contributed by atoms with Crippen molar-refractivity contribution < 1.29 is 4.79 Å². The molecule has 0 atom stereocenters. The molecule has 6 nitrogen and oxygen atoms in total. The molecule has 2 heterocycles. The molecule has 29 heavy (non-hydrogen) atoms. The normalized spacial score (nSPS) is 11.5. The van der Waals surface area contributed by atoms with E-state index in [1.54, 1.807) is 4.90 Å². The maximum Gasteiger partial charge on any atom is 0.280 e. The summed E-state index contributed by atoms with van der Waals surface area (Å²) in [5.41, 5.74) is 3.59. The molecule has 8 heteroatoms. The van der Waals surface area contributed by atoms with Crippen LogP contribution in [0.15, 0.2) is 42.6 Å². The molecule has 148 valence electrons. The number of amides is 1. The van der Waals surface area contributed by atoms with E-state index >= 15 is 0 Å². The van der Waals surface area contributed by atoms with E-state index in [0.29, 0.717) is 34.5 Å². The minimum atomic E-state index is -0.224. The Bertz CT molecular complexity index is 1170. The summed E-state index contributed by atoms with van der Waals surface area (Å²) in [7, 11) is 3.94. The molecule has 2 aromatic heterocycles. The van der Waals surface area contributed by atoms with Crippen molar-refractivity contribution in [3.8, 4) is 0 Å². The maximum absolute atomic E-state index is 13.4. The fourth-order valence-corrected chi connectivity index (χ4v) is 4.33. The van der Waals surface area contributed by atoms with Crippen molar-refractivity contribution in [3.05, 3.63) is 58.9 Å². The van der Waals surface area contributed by atoms with Gasteiger partial charge in [-0.15, -0.1) is 0 Å². The highest BCUT2D eigenvalue weighted by molar-refractivity contribution is 7.23. The van der Waals surface area contributed by atoms with Gasteiger partial charge in [-0.25, -0.2) is 9.97 Å². The number of hydrogen-bond donors (Lipinski definition) is 0. The minimum absolute atomic E-state index is 0.224. The molecule has 0 fully saturated rings. The predicted molar refractivity (Wildman–Crippen MR) is 119 cm³/mol. The van der Waals surface area contributed by atoms with Crippen LogP contribution in [0.1, 0.15) is 16.1 Å². The Hall–Kier alpha value is -2.61. The number of benzene rings is 2. The minimum Gasteiger partial charge on any atom is -0.308 e. The Kier molecular flexibility index (Phi) is 5.45. The van der Waals surface area contributed by atoms with Crippen molar-refractivity contribution in [3.63, 3.8) is 0 Å². The summed E-state index contributed by atoms with van der Waals surface area (Å²) in [4.78, 5) is 30.7. The molecule has 1 amide bonds. The van der Waals surface area contributed by atoms with E-state index < -0.39 is 0 Å². The standard InChI is InChI=1S/C21H20ClN5OS/c1-13-8-9-14(22)19-18(13)25-21(29-19)27(11-10-26(2)3)20(28)17-12-23-15-6-4-5-7-16(15)24-17/h4-9,12H,10-11H2,1-3H3. The molecule has 0 radical (unpaired) electrons. The number of fused-ring (bicyclic) bond motifs is 2. The van der Waals surface area contributed by atoms with Crippen LogP contribution in [0.4, 0.5) is 5.13 Å². The third-order valence-corrected chi connectivity index (χ3v) is 6.14. The maximum atomic E-state index is 13.4. The molecule has 4 rings (SSSR count). The fourth-order valence-electron chi connectivity index (χ4n) is 2.99. The first-order chi connectivity index (χ1) is 13.9. The highest BCUT2D eigenvalue weighted by atomic mass is 35.5. The lowest BCUT2D eigenvalue weighted by Gasteiger charge is -2.21. The summed E-state index contributed by atoms with van der Waals surface area (Å²) in [5.74, 6) is -0.224. The average molecular weight is 426 g/mol. The van der Waals surface area contributed by atoms with E-state index in [1.807, 2.05) is 62.3 Å². The topological polar surface area (TPSA) is 62.2 Å². The van der Waals surface area contributed by atoms with Gasteiger partial charge in [0, 0.05) is 13.1 Å². The Morgan fingerprint density at radius 3 is 2.55 bits per heavy atom. The van der Waals surface area contributed by atoms with Gasteiger partial charge < -0.3 is 4.90 Å². The third kappa shape index (κ3) is 3.94. The van der Waals surface area contributed by atoms with Gasteiger partial charge in [0.15, 0.2) is 5.13 Å². The number of aromatic nitrogens is 3. The molecule has 2 aromatic carbocycles. The quantitative estimate of drug-likeness (QED) is 0.474. The van der Waals surface area contributed by atoms with Gasteiger partial charge in [-0.2, -0.15) is 0 Å². The molecule has 0 saturated heterocycles. The van der Waals surface area contributed by atoms with Crippen LogP contribution in [0.3, 0.4) is 0 Å². The Morgan fingerprint density at radius 2 is 1.83 bits per heavy atom. The van der Waals surface area contributed by atoms with Gasteiger partial charge in [0.2, 0.25) is 0 Å². The first-order valence-electron chi connectivity index (χ1n) is 9.18. The first kappa shape index (κ1) is 19.7. The summed E-state index contributed by atoms with van der Waals surface area (Å²) < 4.78 is 0.883. The predicted octanol–water partition coefficient (Wildman–Crippen LogP) is 4.41. The largest absolute Gasteiger partial charge is 0.308 e. The van der Waals surface area contributed by atoms with Crippen molar-refractivity contribution in [1.82, 2.24) is 19.9 Å². The zero-order valence-electron chi connectivity index (χ0n) is 16.4. The third-order valence-electron chi connectivity index (χ3n) is 4.60. The first-order valence-corrected chi connectivity index (χ1v) is 10.4. The van der Waals surface area contributed by atoms with Crippen LogP contribution in [-0.4, -0.2) is 52.9 Å². The molecule has 0 spiro atoms. The number of hydrogen-bond acceptors (Lipinski definition) is 6. The molecular formula is C21H20ClN5OS. The summed E-state index contributed by atoms with van der Waals surface area (Å²) in [6.45, 7) is 3.16. The van der Waals surface area contributed by atoms with Crippen LogP contribution in [0.2, 0.25) is 5.02 Å². The monoisotopic (exact) mass is 425 g/mol. The lowest BCUT2D eigenvalue weighted by atomic mass is 10.2. The van der Waals surface area contributed by atoms with E-state index in [2.05, 4.69) is 9.97 Å². The number of likely N-dealkylation sites (N-methyl/N-ethyl adjacent to an activating group) is 1. The molecular weight excluding hydrogens is 406 g/mol. The van der Waals surface area contributed by atoms with Gasteiger partial charge >= 0.3 is 0 Å². The number of carbonyl (C=O) groups is 1. The van der Waals surface area contributed by atoms with Crippen LogP contribution in [0, 0.1) is 6.92 Å². The summed E-state index contributed by atoms with van der Waals surface area (Å²) in [5, 5.41) is 1.25. The van der Waals surface area contributed by atoms with Crippen LogP contribution in [0.5, 0.6) is 0 Å². The molecule has 0 N–H and O–H groups in total. The smallest absolute Gasteiger partial charge is 0.280 e. The zero-order chi connectivity index (χ0) is 20.5. The summed E-state index contributed by atoms with van der Waals surface area (Å²) >= 11 is 7.79. The van der Waals surface area contributed by atoms with Crippen molar-refractivity contribution >= 4 is 55.2 Å². The van der Waals surface area contributed by atoms with Crippen LogP contribution in [-0.2, 0) is 0 Å². The Morgan fingerprint density at radius 1 is 1.07 bits per heavy atom. The molecule has 4 aromatic rings. The summed E-state index contributed by atoms with van der Waals surface area (Å²) in [6, 6.07) is 11.3. The number of rotatable bonds is 5. The molecule has 0 aliphatic carbocycles. The number of carbonyl (C=O) groups excluding carboxylic acids is 1. The second-order valence-electron chi connectivity index (χ2n) is 7.04. The molecule has 0 saturated carbocycles. The Labute approximate surface area is 177 Å². The highest BCUT2D eigenvalue weighted by Crippen LogP contribution is 2.36. The van der Waals surface area contributed by atoms with Gasteiger partial charge in [0.25, 0.3) is 5.91 Å². The van der Waals surface area contributed by atoms with Gasteiger partial charge in [0.1, 0.15) is 5.69 Å². The van der Waals surface area contributed by atoms with E-state index in [9.17, 15) is 4.79 Å². The van der Waals surface area contributed by atoms with E-state index in [-0.39, 0.29) is 5.91 Å². The van der Waals surface area contributed by atoms with Crippen molar-refractivity contribution in [2.24, 2.45) is 0 Å². The van der Waals surface area contributed by atoms with Crippen molar-refractivity contribution in [2.45, 2.75) is 6.92 Å². The van der Waals surface area contributed by atoms with E-state index in [0.717, 1.165) is 21.3 Å². The fraction of sp³-hybridized carbons (Fsp3) is 0.238. The second kappa shape index (κ2) is 8.02. The number of anilines is 1. The number of thiazole rings is 1. The van der Waals surface area contributed by atoms with Crippen molar-refractivity contribution in [2.75, 3.05) is 32.1 Å². The second-order valence-corrected chi connectivity index (χ2v) is 8.43. The van der Waals surface area contributed by atoms with Crippen LogP contribution in [0.25, 0.3) is 21.3 Å². The number of aryl methyl sites for hydroxylation is 1. The van der Waals surface area contributed by atoms with E-state index in [1.165, 1.54) is 17.5 Å². The molecule has 0 aliphatic rings. The van der Waals surface area contributed by atoms with Crippen LogP contribution < -0.4 is 4.90 Å². The summed E-state index contributed by atoms with van der Waals surface area (Å²) in [6.07, 6.45) is 1.53. The Balaban J connectivity index is 1.77. The van der Waals surface area contributed by atoms with Gasteiger partial charge in [0.05, 0.1) is 32.5 Å². The number of nitrogens with zero attached hydrogens (tertiary/aromatic N) is 5. The highest BCUT2D eigenvalue weighted by Gasteiger charge is 2.24.